The third-order valence-corrected chi connectivity index (χ3v) is 8.73. The molecule has 1 fully saturated rings. The maximum Gasteiger partial charge on any atom is 0.416 e. The summed E-state index contributed by atoms with van der Waals surface area (Å²) in [4.78, 5) is 15.2. The minimum Gasteiger partial charge on any atom is -0.318 e. The van der Waals surface area contributed by atoms with Crippen molar-refractivity contribution in [3.05, 3.63) is 91.9 Å². The Labute approximate surface area is 273 Å². The SMILES string of the molecule is CNCCNCc1c(C(=O)NN2CCCCC2)nn(-c2ccc(Cl)cc2Cl)c1-c1ccc(C#Cc2ccc(C(F)(F)F)cc2)s1. The lowest BCUT2D eigenvalue weighted by Crippen LogP contribution is -2.45. The molecule has 45 heavy (non-hydrogen) atoms. The number of amides is 1. The van der Waals surface area contributed by atoms with E-state index in [4.69, 9.17) is 28.3 Å². The van der Waals surface area contributed by atoms with Crippen molar-refractivity contribution in [2.24, 2.45) is 0 Å². The molecule has 5 rings (SSSR count). The number of nitrogens with zero attached hydrogens (tertiary/aromatic N) is 3. The number of aromatic nitrogens is 2. The number of hydrazine groups is 1. The molecule has 1 aliphatic heterocycles. The molecule has 1 amide bonds. The van der Waals surface area contributed by atoms with E-state index in [-0.39, 0.29) is 11.6 Å². The monoisotopic (exact) mass is 674 g/mol. The number of nitrogens with one attached hydrogen (secondary N) is 3. The van der Waals surface area contributed by atoms with Crippen molar-refractivity contribution in [1.29, 1.82) is 0 Å². The normalized spacial score (nSPS) is 13.8. The third kappa shape index (κ3) is 8.27. The zero-order valence-corrected chi connectivity index (χ0v) is 26.7. The van der Waals surface area contributed by atoms with Crippen molar-refractivity contribution in [2.75, 3.05) is 33.2 Å². The number of hydrogen-bond donors (Lipinski definition) is 3. The topological polar surface area (TPSA) is 74.2 Å². The van der Waals surface area contributed by atoms with E-state index in [2.05, 4.69) is 27.9 Å². The third-order valence-electron chi connectivity index (χ3n) is 7.19. The van der Waals surface area contributed by atoms with E-state index >= 15 is 0 Å². The molecule has 0 radical (unpaired) electrons. The maximum atomic E-state index is 13.7. The van der Waals surface area contributed by atoms with Crippen LogP contribution in [0.1, 0.15) is 51.3 Å². The lowest BCUT2D eigenvalue weighted by atomic mass is 10.1. The molecule has 3 N–H and O–H groups in total. The molecule has 0 atom stereocenters. The Kier molecular flexibility index (Phi) is 10.9. The highest BCUT2D eigenvalue weighted by atomic mass is 35.5. The number of benzene rings is 2. The number of piperidine rings is 1. The number of alkyl halides is 3. The van der Waals surface area contributed by atoms with Gasteiger partial charge < -0.3 is 10.6 Å². The van der Waals surface area contributed by atoms with Crippen molar-refractivity contribution >= 4 is 40.4 Å². The molecule has 1 aliphatic rings. The molecule has 0 saturated carbocycles. The summed E-state index contributed by atoms with van der Waals surface area (Å²) in [6.45, 7) is 3.28. The highest BCUT2D eigenvalue weighted by Crippen LogP contribution is 2.37. The average molecular weight is 676 g/mol. The molecule has 236 valence electrons. The Bertz CT molecular complexity index is 1700. The largest absolute Gasteiger partial charge is 0.416 e. The summed E-state index contributed by atoms with van der Waals surface area (Å²) in [5.74, 6) is 5.68. The number of carbonyl (C=O) groups is 1. The van der Waals surface area contributed by atoms with Crippen molar-refractivity contribution in [3.8, 4) is 28.1 Å². The molecule has 0 unspecified atom stereocenters. The number of halogens is 5. The van der Waals surface area contributed by atoms with Gasteiger partial charge in [-0.05, 0) is 74.5 Å². The van der Waals surface area contributed by atoms with Gasteiger partial charge in [0.2, 0.25) is 0 Å². The number of carbonyl (C=O) groups excluding carboxylic acids is 1. The van der Waals surface area contributed by atoms with Crippen molar-refractivity contribution in [3.63, 3.8) is 0 Å². The fourth-order valence-electron chi connectivity index (χ4n) is 4.92. The molecular weight excluding hydrogens is 644 g/mol. The van der Waals surface area contributed by atoms with Crippen LogP contribution in [0.15, 0.2) is 54.6 Å². The van der Waals surface area contributed by atoms with Gasteiger partial charge >= 0.3 is 6.18 Å². The smallest absolute Gasteiger partial charge is 0.318 e. The van der Waals surface area contributed by atoms with E-state index < -0.39 is 11.7 Å². The van der Waals surface area contributed by atoms with E-state index in [9.17, 15) is 18.0 Å². The first-order valence-electron chi connectivity index (χ1n) is 14.4. The van der Waals surface area contributed by atoms with Gasteiger partial charge in [-0.15, -0.1) is 11.3 Å². The van der Waals surface area contributed by atoms with Gasteiger partial charge in [0.05, 0.1) is 31.7 Å². The number of likely N-dealkylation sites (N-methyl/N-ethyl adjacent to an activating group) is 1. The molecule has 2 aromatic carbocycles. The van der Waals surface area contributed by atoms with Crippen LogP contribution in [-0.2, 0) is 12.7 Å². The lowest BCUT2D eigenvalue weighted by molar-refractivity contribution is -0.137. The van der Waals surface area contributed by atoms with Gasteiger partial charge in [0.25, 0.3) is 5.91 Å². The number of rotatable bonds is 9. The Morgan fingerprint density at radius 2 is 1.76 bits per heavy atom. The lowest BCUT2D eigenvalue weighted by Gasteiger charge is -2.26. The Morgan fingerprint density at radius 3 is 2.44 bits per heavy atom. The molecule has 7 nitrogen and oxygen atoms in total. The Balaban J connectivity index is 1.56. The summed E-state index contributed by atoms with van der Waals surface area (Å²) in [6, 6.07) is 13.5. The van der Waals surface area contributed by atoms with Gasteiger partial charge in [-0.25, -0.2) is 9.69 Å². The van der Waals surface area contributed by atoms with Gasteiger partial charge in [-0.3, -0.25) is 10.2 Å². The molecule has 2 aromatic heterocycles. The Morgan fingerprint density at radius 1 is 1.00 bits per heavy atom. The zero-order chi connectivity index (χ0) is 32.0. The minimum absolute atomic E-state index is 0.268. The molecule has 0 aliphatic carbocycles. The molecule has 0 bridgehead atoms. The summed E-state index contributed by atoms with van der Waals surface area (Å²) in [5, 5.41) is 14.1. The summed E-state index contributed by atoms with van der Waals surface area (Å²) in [5.41, 5.74) is 4.95. The van der Waals surface area contributed by atoms with Crippen LogP contribution in [0.4, 0.5) is 13.2 Å². The predicted octanol–water partition coefficient (Wildman–Crippen LogP) is 6.77. The second-order valence-electron chi connectivity index (χ2n) is 10.4. The van der Waals surface area contributed by atoms with Gasteiger partial charge in [-0.1, -0.05) is 41.5 Å². The van der Waals surface area contributed by atoms with Crippen LogP contribution in [-0.4, -0.2) is 53.9 Å². The minimum atomic E-state index is -4.41. The van der Waals surface area contributed by atoms with Gasteiger partial charge in [-0.2, -0.15) is 18.3 Å². The summed E-state index contributed by atoms with van der Waals surface area (Å²) in [6.07, 6.45) is -1.27. The van der Waals surface area contributed by atoms with E-state index in [0.29, 0.717) is 50.5 Å². The first kappa shape index (κ1) is 33.0. The quantitative estimate of drug-likeness (QED) is 0.135. The van der Waals surface area contributed by atoms with Gasteiger partial charge in [0.1, 0.15) is 0 Å². The first-order valence-corrected chi connectivity index (χ1v) is 16.0. The highest BCUT2D eigenvalue weighted by Gasteiger charge is 2.30. The molecule has 13 heteroatoms. The molecule has 3 heterocycles. The van der Waals surface area contributed by atoms with E-state index in [1.807, 2.05) is 24.2 Å². The van der Waals surface area contributed by atoms with Crippen LogP contribution in [0.5, 0.6) is 0 Å². The zero-order valence-electron chi connectivity index (χ0n) is 24.4. The van der Waals surface area contributed by atoms with E-state index in [1.165, 1.54) is 23.5 Å². The van der Waals surface area contributed by atoms with Crippen LogP contribution in [0.3, 0.4) is 0 Å². The van der Waals surface area contributed by atoms with Crippen LogP contribution in [0, 0.1) is 11.8 Å². The Hall–Kier alpha value is -3.37. The predicted molar refractivity (Wildman–Crippen MR) is 173 cm³/mol. The van der Waals surface area contributed by atoms with E-state index in [1.54, 1.807) is 22.9 Å². The van der Waals surface area contributed by atoms with Crippen molar-refractivity contribution < 1.29 is 18.0 Å². The molecule has 1 saturated heterocycles. The van der Waals surface area contributed by atoms with Crippen LogP contribution in [0.25, 0.3) is 16.3 Å². The number of hydrogen-bond acceptors (Lipinski definition) is 6. The average Bonchev–Trinajstić information content (AvgIpc) is 3.63. The molecular formula is C32H31Cl2F3N6OS. The van der Waals surface area contributed by atoms with Gasteiger partial charge in [0.15, 0.2) is 5.69 Å². The van der Waals surface area contributed by atoms with Crippen LogP contribution < -0.4 is 16.1 Å². The summed E-state index contributed by atoms with van der Waals surface area (Å²) >= 11 is 14.2. The van der Waals surface area contributed by atoms with E-state index in [0.717, 1.165) is 55.9 Å². The molecule has 0 spiro atoms. The molecule has 4 aromatic rings. The number of thiophene rings is 1. The second kappa shape index (κ2) is 14.8. The summed E-state index contributed by atoms with van der Waals surface area (Å²) < 4.78 is 40.5. The summed E-state index contributed by atoms with van der Waals surface area (Å²) in [7, 11) is 1.87. The fraction of sp³-hybridized carbons (Fsp3) is 0.312. The van der Waals surface area contributed by atoms with Crippen molar-refractivity contribution in [2.45, 2.75) is 32.0 Å². The van der Waals surface area contributed by atoms with Crippen LogP contribution >= 0.6 is 34.5 Å². The maximum absolute atomic E-state index is 13.7. The highest BCUT2D eigenvalue weighted by molar-refractivity contribution is 7.16. The van der Waals surface area contributed by atoms with Crippen LogP contribution in [0.2, 0.25) is 10.0 Å². The second-order valence-corrected chi connectivity index (χ2v) is 12.4. The fourth-order valence-corrected chi connectivity index (χ4v) is 6.32. The van der Waals surface area contributed by atoms with Gasteiger partial charge in [0, 0.05) is 48.9 Å². The van der Waals surface area contributed by atoms with Crippen molar-refractivity contribution in [1.82, 2.24) is 30.8 Å². The first-order chi connectivity index (χ1) is 21.6. The standard InChI is InChI=1S/C32H31Cl2F3N6OS/c1-38-15-16-39-20-25-29(31(44)41-42-17-3-2-4-18-42)40-43(27-13-10-23(33)19-26(27)34)30(25)28-14-12-24(45-28)11-7-21-5-8-22(9-6-21)32(35,36)37/h5-6,8-10,12-14,19,38-39H,2-4,15-18,20H2,1H3,(H,41,44).